The molecular weight excluding hydrogens is 391 g/mol. The van der Waals surface area contributed by atoms with Crippen molar-refractivity contribution in [2.45, 2.75) is 11.8 Å². The number of sulfonamides is 1. The molecule has 3 rings (SSSR count). The monoisotopic (exact) mass is 408 g/mol. The van der Waals surface area contributed by atoms with Crippen molar-refractivity contribution in [2.75, 3.05) is 10.0 Å². The molecule has 0 spiro atoms. The fraction of sp³-hybridized carbons (Fsp3) is 0.0455. The first kappa shape index (κ1) is 20.1. The number of nitrogens with one attached hydrogen (secondary N) is 2. The molecule has 1 amide bonds. The second kappa shape index (κ2) is 8.17. The lowest BCUT2D eigenvalue weighted by Crippen LogP contribution is -2.14. The van der Waals surface area contributed by atoms with Crippen LogP contribution in [0.4, 0.5) is 15.8 Å². The molecule has 0 fully saturated rings. The van der Waals surface area contributed by atoms with Gasteiger partial charge >= 0.3 is 0 Å². The molecule has 0 aliphatic heterocycles. The van der Waals surface area contributed by atoms with Crippen molar-refractivity contribution in [3.63, 3.8) is 0 Å². The number of anilines is 2. The Labute approximate surface area is 168 Å². The second-order valence-electron chi connectivity index (χ2n) is 6.27. The van der Waals surface area contributed by atoms with Gasteiger partial charge in [-0.1, -0.05) is 12.0 Å². The van der Waals surface area contributed by atoms with Crippen LogP contribution in [0, 0.1) is 25.1 Å². The molecule has 3 aromatic carbocycles. The molecule has 0 heterocycles. The summed E-state index contributed by atoms with van der Waals surface area (Å²) in [6, 6.07) is 16.4. The number of amides is 1. The van der Waals surface area contributed by atoms with Gasteiger partial charge in [-0.3, -0.25) is 9.52 Å². The van der Waals surface area contributed by atoms with Gasteiger partial charge in [-0.25, -0.2) is 12.8 Å². The van der Waals surface area contributed by atoms with E-state index in [1.165, 1.54) is 43.3 Å². The van der Waals surface area contributed by atoms with Gasteiger partial charge in [0.05, 0.1) is 4.90 Å². The lowest BCUT2D eigenvalue weighted by Gasteiger charge is -2.10. The molecule has 0 bridgehead atoms. The summed E-state index contributed by atoms with van der Waals surface area (Å²) in [5.74, 6) is 1.65. The van der Waals surface area contributed by atoms with E-state index in [-0.39, 0.29) is 22.1 Å². The number of carbonyl (C=O) groups is 1. The molecule has 0 unspecified atom stereocenters. The molecule has 0 atom stereocenters. The van der Waals surface area contributed by atoms with E-state index >= 15 is 0 Å². The van der Waals surface area contributed by atoms with Gasteiger partial charge in [0.15, 0.2) is 0 Å². The summed E-state index contributed by atoms with van der Waals surface area (Å²) in [5, 5.41) is 2.73. The Balaban J connectivity index is 1.73. The average Bonchev–Trinajstić information content (AvgIpc) is 2.70. The fourth-order valence-corrected chi connectivity index (χ4v) is 3.72. The number of halogens is 1. The normalized spacial score (nSPS) is 10.8. The van der Waals surface area contributed by atoms with Gasteiger partial charge in [0.25, 0.3) is 15.9 Å². The number of hydrogen-bond donors (Lipinski definition) is 2. The van der Waals surface area contributed by atoms with E-state index in [4.69, 9.17) is 6.42 Å². The van der Waals surface area contributed by atoms with Crippen LogP contribution in [0.5, 0.6) is 0 Å². The molecule has 7 heteroatoms. The number of benzene rings is 3. The first-order valence-electron chi connectivity index (χ1n) is 8.55. The van der Waals surface area contributed by atoms with Gasteiger partial charge in [-0.2, -0.15) is 0 Å². The van der Waals surface area contributed by atoms with E-state index in [0.29, 0.717) is 16.8 Å². The summed E-state index contributed by atoms with van der Waals surface area (Å²) in [6.45, 7) is 1.49. The lowest BCUT2D eigenvalue weighted by molar-refractivity contribution is 0.102. The zero-order valence-electron chi connectivity index (χ0n) is 15.4. The largest absolute Gasteiger partial charge is 0.322 e. The highest BCUT2D eigenvalue weighted by molar-refractivity contribution is 7.92. The van der Waals surface area contributed by atoms with Gasteiger partial charge in [-0.15, -0.1) is 6.42 Å². The van der Waals surface area contributed by atoms with Crippen molar-refractivity contribution in [1.29, 1.82) is 0 Å². The van der Waals surface area contributed by atoms with Gasteiger partial charge in [-0.05, 0) is 73.2 Å². The maximum atomic E-state index is 13.4. The summed E-state index contributed by atoms with van der Waals surface area (Å²) >= 11 is 0. The molecule has 29 heavy (non-hydrogen) atoms. The third-order valence-corrected chi connectivity index (χ3v) is 5.51. The van der Waals surface area contributed by atoms with Crippen LogP contribution in [0.15, 0.2) is 71.6 Å². The number of rotatable bonds is 5. The van der Waals surface area contributed by atoms with E-state index in [1.54, 1.807) is 24.3 Å². The minimum atomic E-state index is -3.88. The summed E-state index contributed by atoms with van der Waals surface area (Å²) in [7, 11) is -3.88. The van der Waals surface area contributed by atoms with Crippen LogP contribution in [0.2, 0.25) is 0 Å². The SMILES string of the molecule is C#Cc1cccc(NC(=O)c2ccc(NS(=O)(=O)c3ccc(F)c(C)c3)cc2)c1. The van der Waals surface area contributed by atoms with Crippen LogP contribution >= 0.6 is 0 Å². The highest BCUT2D eigenvalue weighted by Gasteiger charge is 2.16. The van der Waals surface area contributed by atoms with Gasteiger partial charge < -0.3 is 5.32 Å². The maximum Gasteiger partial charge on any atom is 0.261 e. The van der Waals surface area contributed by atoms with Crippen molar-refractivity contribution in [2.24, 2.45) is 0 Å². The molecule has 2 N–H and O–H groups in total. The summed E-state index contributed by atoms with van der Waals surface area (Å²) in [6.07, 6.45) is 5.35. The zero-order valence-corrected chi connectivity index (χ0v) is 16.3. The number of aryl methyl sites for hydroxylation is 1. The predicted molar refractivity (Wildman–Crippen MR) is 111 cm³/mol. The zero-order chi connectivity index (χ0) is 21.0. The van der Waals surface area contributed by atoms with Crippen LogP contribution < -0.4 is 10.0 Å². The minimum absolute atomic E-state index is 0.0494. The molecule has 3 aromatic rings. The van der Waals surface area contributed by atoms with Crippen molar-refractivity contribution in [3.05, 3.63) is 89.2 Å². The van der Waals surface area contributed by atoms with E-state index in [9.17, 15) is 17.6 Å². The van der Waals surface area contributed by atoms with E-state index in [0.717, 1.165) is 6.07 Å². The minimum Gasteiger partial charge on any atom is -0.322 e. The molecule has 0 aliphatic carbocycles. The number of hydrogen-bond acceptors (Lipinski definition) is 3. The molecule has 0 aliphatic rings. The maximum absolute atomic E-state index is 13.4. The van der Waals surface area contributed by atoms with Gasteiger partial charge in [0.1, 0.15) is 5.82 Å². The average molecular weight is 408 g/mol. The van der Waals surface area contributed by atoms with Gasteiger partial charge in [0, 0.05) is 22.5 Å². The summed E-state index contributed by atoms with van der Waals surface area (Å²) in [4.78, 5) is 12.3. The summed E-state index contributed by atoms with van der Waals surface area (Å²) in [5.41, 5.74) is 2.05. The summed E-state index contributed by atoms with van der Waals surface area (Å²) < 4.78 is 40.7. The van der Waals surface area contributed by atoms with Gasteiger partial charge in [0.2, 0.25) is 0 Å². The molecule has 5 nitrogen and oxygen atoms in total. The van der Waals surface area contributed by atoms with E-state index < -0.39 is 15.8 Å². The van der Waals surface area contributed by atoms with E-state index in [1.807, 2.05) is 0 Å². The van der Waals surface area contributed by atoms with Crippen LogP contribution in [0.1, 0.15) is 21.5 Å². The van der Waals surface area contributed by atoms with E-state index in [2.05, 4.69) is 16.0 Å². The molecule has 146 valence electrons. The first-order valence-corrected chi connectivity index (χ1v) is 10.0. The number of carbonyl (C=O) groups excluding carboxylic acids is 1. The fourth-order valence-electron chi connectivity index (χ4n) is 2.58. The smallest absolute Gasteiger partial charge is 0.261 e. The molecular formula is C22H17FN2O3S. The Morgan fingerprint density at radius 3 is 2.38 bits per heavy atom. The highest BCUT2D eigenvalue weighted by Crippen LogP contribution is 2.19. The quantitative estimate of drug-likeness (QED) is 0.622. The third kappa shape index (κ3) is 4.81. The molecule has 0 radical (unpaired) electrons. The van der Waals surface area contributed by atoms with Crippen LogP contribution in [0.3, 0.4) is 0 Å². The Morgan fingerprint density at radius 2 is 1.72 bits per heavy atom. The van der Waals surface area contributed by atoms with Crippen molar-refractivity contribution >= 4 is 27.3 Å². The van der Waals surface area contributed by atoms with Crippen molar-refractivity contribution in [1.82, 2.24) is 0 Å². The Bertz CT molecular complexity index is 1210. The Kier molecular flexibility index (Phi) is 5.66. The number of terminal acetylenes is 1. The third-order valence-electron chi connectivity index (χ3n) is 4.13. The molecule has 0 saturated carbocycles. The predicted octanol–water partition coefficient (Wildman–Crippen LogP) is 4.17. The van der Waals surface area contributed by atoms with Crippen LogP contribution in [0.25, 0.3) is 0 Å². The standard InChI is InChI=1S/C22H17FN2O3S/c1-3-16-5-4-6-19(14-16)24-22(26)17-7-9-18(10-8-17)25-29(27,28)20-11-12-21(23)15(2)13-20/h1,4-14,25H,2H3,(H,24,26). The van der Waals surface area contributed by atoms with Crippen molar-refractivity contribution < 1.29 is 17.6 Å². The second-order valence-corrected chi connectivity index (χ2v) is 7.96. The first-order chi connectivity index (χ1) is 13.8. The molecule has 0 aromatic heterocycles. The van der Waals surface area contributed by atoms with Crippen LogP contribution in [-0.2, 0) is 10.0 Å². The Morgan fingerprint density at radius 1 is 1.00 bits per heavy atom. The molecule has 0 saturated heterocycles. The topological polar surface area (TPSA) is 75.3 Å². The highest BCUT2D eigenvalue weighted by atomic mass is 32.2. The van der Waals surface area contributed by atoms with Crippen molar-refractivity contribution in [3.8, 4) is 12.3 Å². The van der Waals surface area contributed by atoms with Crippen LogP contribution in [-0.4, -0.2) is 14.3 Å². The lowest BCUT2D eigenvalue weighted by atomic mass is 10.1. The Hall–Kier alpha value is -3.63.